The van der Waals surface area contributed by atoms with E-state index >= 15 is 0 Å². The van der Waals surface area contributed by atoms with Gasteiger partial charge in [-0.15, -0.1) is 0 Å². The van der Waals surface area contributed by atoms with Gasteiger partial charge in [-0.2, -0.15) is 0 Å². The highest BCUT2D eigenvalue weighted by molar-refractivity contribution is 5.73. The fraction of sp³-hybridized carbons (Fsp3) is 0.900. The molecule has 15 heavy (non-hydrogen) atoms. The van der Waals surface area contributed by atoms with Gasteiger partial charge in [0.05, 0.1) is 6.10 Å². The number of carbonyl (C=O) groups is 1. The van der Waals surface area contributed by atoms with Crippen molar-refractivity contribution in [2.75, 3.05) is 26.3 Å². The Hall–Kier alpha value is -0.810. The van der Waals surface area contributed by atoms with E-state index in [-0.39, 0.29) is 6.03 Å². The lowest BCUT2D eigenvalue weighted by Crippen LogP contribution is -2.41. The third-order valence-corrected chi connectivity index (χ3v) is 2.45. The largest absolute Gasteiger partial charge is 0.392 e. The molecular weight excluding hydrogens is 196 g/mol. The first-order valence-electron chi connectivity index (χ1n) is 5.46. The first kappa shape index (κ1) is 12.3. The Balaban J connectivity index is 2.05. The van der Waals surface area contributed by atoms with Crippen molar-refractivity contribution in [2.45, 2.75) is 25.9 Å². The zero-order valence-electron chi connectivity index (χ0n) is 9.16. The molecule has 0 radical (unpaired) electrons. The zero-order chi connectivity index (χ0) is 11.1. The molecule has 0 spiro atoms. The predicted molar refractivity (Wildman–Crippen MR) is 56.6 cm³/mol. The van der Waals surface area contributed by atoms with Gasteiger partial charge in [0.2, 0.25) is 0 Å². The van der Waals surface area contributed by atoms with Crippen LogP contribution in [-0.4, -0.2) is 43.5 Å². The molecule has 3 N–H and O–H groups in total. The molecule has 0 aliphatic carbocycles. The molecule has 1 saturated heterocycles. The van der Waals surface area contributed by atoms with Crippen molar-refractivity contribution in [3.8, 4) is 0 Å². The topological polar surface area (TPSA) is 70.6 Å². The van der Waals surface area contributed by atoms with Crippen LogP contribution in [0.1, 0.15) is 19.8 Å². The standard InChI is InChI=1S/C10H20N2O3/c1-8(13)6-11-10(14)12-7-9-2-4-15-5-3-9/h8-9,13H,2-7H2,1H3,(H2,11,12,14). The molecular formula is C10H20N2O3. The first-order chi connectivity index (χ1) is 7.18. The fourth-order valence-electron chi connectivity index (χ4n) is 1.49. The molecule has 0 aromatic rings. The molecule has 88 valence electrons. The summed E-state index contributed by atoms with van der Waals surface area (Å²) in [4.78, 5) is 11.2. The Morgan fingerprint density at radius 3 is 2.73 bits per heavy atom. The second kappa shape index (κ2) is 6.63. The van der Waals surface area contributed by atoms with E-state index in [0.29, 0.717) is 19.0 Å². The van der Waals surface area contributed by atoms with Crippen LogP contribution in [-0.2, 0) is 4.74 Å². The van der Waals surface area contributed by atoms with Gasteiger partial charge in [0.1, 0.15) is 0 Å². The van der Waals surface area contributed by atoms with E-state index < -0.39 is 6.10 Å². The number of carbonyl (C=O) groups excluding carboxylic acids is 1. The second-order valence-corrected chi connectivity index (χ2v) is 4.00. The lowest BCUT2D eigenvalue weighted by Gasteiger charge is -2.22. The Morgan fingerprint density at radius 1 is 1.47 bits per heavy atom. The van der Waals surface area contributed by atoms with E-state index in [2.05, 4.69) is 10.6 Å². The summed E-state index contributed by atoms with van der Waals surface area (Å²) in [6, 6.07) is -0.206. The third kappa shape index (κ3) is 5.59. The Bertz CT molecular complexity index is 191. The molecule has 1 heterocycles. The van der Waals surface area contributed by atoms with Gasteiger partial charge in [0.15, 0.2) is 0 Å². The van der Waals surface area contributed by atoms with Crippen molar-refractivity contribution in [1.82, 2.24) is 10.6 Å². The first-order valence-corrected chi connectivity index (χ1v) is 5.46. The molecule has 1 aliphatic rings. The number of aliphatic hydroxyl groups is 1. The van der Waals surface area contributed by atoms with Crippen LogP contribution in [0.2, 0.25) is 0 Å². The van der Waals surface area contributed by atoms with Crippen LogP contribution in [0.25, 0.3) is 0 Å². The van der Waals surface area contributed by atoms with Gasteiger partial charge < -0.3 is 20.5 Å². The van der Waals surface area contributed by atoms with Crippen molar-refractivity contribution in [2.24, 2.45) is 5.92 Å². The smallest absolute Gasteiger partial charge is 0.314 e. The van der Waals surface area contributed by atoms with E-state index in [1.54, 1.807) is 6.92 Å². The molecule has 1 fully saturated rings. The molecule has 5 nitrogen and oxygen atoms in total. The van der Waals surface area contributed by atoms with Gasteiger partial charge in [-0.3, -0.25) is 0 Å². The minimum Gasteiger partial charge on any atom is -0.392 e. The van der Waals surface area contributed by atoms with Gasteiger partial charge >= 0.3 is 6.03 Å². The van der Waals surface area contributed by atoms with Crippen molar-refractivity contribution in [3.05, 3.63) is 0 Å². The number of hydrogen-bond acceptors (Lipinski definition) is 3. The van der Waals surface area contributed by atoms with Crippen LogP contribution in [0.3, 0.4) is 0 Å². The van der Waals surface area contributed by atoms with Crippen LogP contribution < -0.4 is 10.6 Å². The van der Waals surface area contributed by atoms with Crippen molar-refractivity contribution in [1.29, 1.82) is 0 Å². The summed E-state index contributed by atoms with van der Waals surface area (Å²) in [6.45, 7) is 4.21. The van der Waals surface area contributed by atoms with Gasteiger partial charge in [-0.05, 0) is 25.7 Å². The zero-order valence-corrected chi connectivity index (χ0v) is 9.16. The molecule has 1 aliphatic heterocycles. The minimum atomic E-state index is -0.501. The summed E-state index contributed by atoms with van der Waals surface area (Å²) < 4.78 is 5.22. The maximum atomic E-state index is 11.2. The molecule has 0 aromatic carbocycles. The number of ether oxygens (including phenoxy) is 1. The number of nitrogens with one attached hydrogen (secondary N) is 2. The number of amides is 2. The van der Waals surface area contributed by atoms with Crippen molar-refractivity contribution in [3.63, 3.8) is 0 Å². The Morgan fingerprint density at radius 2 is 2.13 bits per heavy atom. The van der Waals surface area contributed by atoms with Gasteiger partial charge in [0, 0.05) is 26.3 Å². The molecule has 5 heteroatoms. The summed E-state index contributed by atoms with van der Waals surface area (Å²) in [7, 11) is 0. The highest BCUT2D eigenvalue weighted by atomic mass is 16.5. The maximum Gasteiger partial charge on any atom is 0.314 e. The number of urea groups is 1. The number of rotatable bonds is 4. The highest BCUT2D eigenvalue weighted by Gasteiger charge is 2.14. The monoisotopic (exact) mass is 216 g/mol. The van der Waals surface area contributed by atoms with E-state index in [0.717, 1.165) is 26.1 Å². The number of hydrogen-bond donors (Lipinski definition) is 3. The van der Waals surface area contributed by atoms with Gasteiger partial charge in [-0.1, -0.05) is 0 Å². The van der Waals surface area contributed by atoms with Crippen LogP contribution in [0.15, 0.2) is 0 Å². The normalized spacial score (nSPS) is 19.6. The summed E-state index contributed by atoms with van der Waals surface area (Å²) in [6.07, 6.45) is 1.52. The average Bonchev–Trinajstić information content (AvgIpc) is 2.25. The fourth-order valence-corrected chi connectivity index (χ4v) is 1.49. The van der Waals surface area contributed by atoms with E-state index in [4.69, 9.17) is 9.84 Å². The minimum absolute atomic E-state index is 0.206. The van der Waals surface area contributed by atoms with Crippen LogP contribution in [0, 0.1) is 5.92 Å². The van der Waals surface area contributed by atoms with E-state index in [1.165, 1.54) is 0 Å². The summed E-state index contributed by atoms with van der Waals surface area (Å²) in [5.74, 6) is 0.524. The molecule has 1 atom stereocenters. The summed E-state index contributed by atoms with van der Waals surface area (Å²) >= 11 is 0. The quantitative estimate of drug-likeness (QED) is 0.624. The van der Waals surface area contributed by atoms with Crippen molar-refractivity contribution < 1.29 is 14.6 Å². The molecule has 0 saturated carbocycles. The molecule has 0 bridgehead atoms. The average molecular weight is 216 g/mol. The molecule has 0 aromatic heterocycles. The van der Waals surface area contributed by atoms with E-state index in [1.807, 2.05) is 0 Å². The molecule has 1 rings (SSSR count). The predicted octanol–water partition coefficient (Wildman–Crippen LogP) is 0.0930. The molecule has 2 amide bonds. The second-order valence-electron chi connectivity index (χ2n) is 4.00. The summed E-state index contributed by atoms with van der Waals surface area (Å²) in [5.41, 5.74) is 0. The van der Waals surface area contributed by atoms with E-state index in [9.17, 15) is 4.79 Å². The van der Waals surface area contributed by atoms with Crippen LogP contribution in [0.5, 0.6) is 0 Å². The highest BCUT2D eigenvalue weighted by Crippen LogP contribution is 2.12. The Kier molecular flexibility index (Phi) is 5.42. The van der Waals surface area contributed by atoms with Crippen molar-refractivity contribution >= 4 is 6.03 Å². The lowest BCUT2D eigenvalue weighted by atomic mass is 10.0. The SMILES string of the molecule is CC(O)CNC(=O)NCC1CCOCC1. The summed E-state index contributed by atoms with van der Waals surface area (Å²) in [5, 5.41) is 14.3. The van der Waals surface area contributed by atoms with Gasteiger partial charge in [-0.25, -0.2) is 4.79 Å². The maximum absolute atomic E-state index is 11.2. The lowest BCUT2D eigenvalue weighted by molar-refractivity contribution is 0.0669. The Labute approximate surface area is 90.2 Å². The molecule has 1 unspecified atom stereocenters. The van der Waals surface area contributed by atoms with Crippen LogP contribution in [0.4, 0.5) is 4.79 Å². The van der Waals surface area contributed by atoms with Crippen LogP contribution >= 0.6 is 0 Å². The van der Waals surface area contributed by atoms with Gasteiger partial charge in [0.25, 0.3) is 0 Å². The third-order valence-electron chi connectivity index (χ3n) is 2.45. The number of aliphatic hydroxyl groups excluding tert-OH is 1.